The van der Waals surface area contributed by atoms with Crippen molar-refractivity contribution < 1.29 is 9.72 Å². The first-order chi connectivity index (χ1) is 8.18. The molecule has 1 N–H and O–H groups in total. The Bertz CT molecular complexity index is 430. The number of carbonyl (C=O) groups excluding carboxylic acids is 1. The standard InChI is InChI=1S/C11H13N3O3/c15-11-5-6-12-7-8-13(11)9-1-3-10(4-2-9)14(16)17/h1-4,12H,5-8H2. The molecular weight excluding hydrogens is 222 g/mol. The molecule has 1 heterocycles. The van der Waals surface area contributed by atoms with Gasteiger partial charge < -0.3 is 10.2 Å². The molecule has 6 heteroatoms. The van der Waals surface area contributed by atoms with Gasteiger partial charge in [0.25, 0.3) is 5.69 Å². The molecule has 1 fully saturated rings. The predicted octanol–water partition coefficient (Wildman–Crippen LogP) is 0.921. The van der Waals surface area contributed by atoms with Gasteiger partial charge in [-0.05, 0) is 12.1 Å². The molecule has 6 nitrogen and oxygen atoms in total. The minimum atomic E-state index is -0.449. The zero-order valence-electron chi connectivity index (χ0n) is 9.26. The van der Waals surface area contributed by atoms with Crippen molar-refractivity contribution in [3.63, 3.8) is 0 Å². The molecule has 90 valence electrons. The topological polar surface area (TPSA) is 75.5 Å². The van der Waals surface area contributed by atoms with Crippen LogP contribution in [0.4, 0.5) is 11.4 Å². The van der Waals surface area contributed by atoms with E-state index in [9.17, 15) is 14.9 Å². The van der Waals surface area contributed by atoms with Crippen LogP contribution in [0.25, 0.3) is 0 Å². The number of rotatable bonds is 2. The molecule has 17 heavy (non-hydrogen) atoms. The quantitative estimate of drug-likeness (QED) is 0.611. The van der Waals surface area contributed by atoms with Gasteiger partial charge in [0.1, 0.15) is 0 Å². The van der Waals surface area contributed by atoms with Crippen LogP contribution in [0.5, 0.6) is 0 Å². The summed E-state index contributed by atoms with van der Waals surface area (Å²) in [5.74, 6) is 0.0452. The molecule has 1 aromatic carbocycles. The van der Waals surface area contributed by atoms with Gasteiger partial charge in [-0.1, -0.05) is 0 Å². The summed E-state index contributed by atoms with van der Waals surface area (Å²) in [6.07, 6.45) is 0.455. The molecule has 1 amide bonds. The molecule has 1 aliphatic rings. The SMILES string of the molecule is O=C1CCNCCN1c1ccc([N+](=O)[O-])cc1. The Morgan fingerprint density at radius 3 is 2.59 bits per heavy atom. The lowest BCUT2D eigenvalue weighted by Gasteiger charge is -2.19. The third-order valence-corrected chi connectivity index (χ3v) is 2.70. The van der Waals surface area contributed by atoms with Crippen LogP contribution in [0.3, 0.4) is 0 Å². The van der Waals surface area contributed by atoms with E-state index in [1.54, 1.807) is 17.0 Å². The minimum Gasteiger partial charge on any atom is -0.314 e. The Balaban J connectivity index is 2.20. The molecule has 1 aliphatic heterocycles. The third kappa shape index (κ3) is 2.59. The molecular formula is C11H13N3O3. The Hall–Kier alpha value is -1.95. The van der Waals surface area contributed by atoms with Crippen LogP contribution in [-0.4, -0.2) is 30.5 Å². The van der Waals surface area contributed by atoms with Crippen LogP contribution in [0.15, 0.2) is 24.3 Å². The van der Waals surface area contributed by atoms with Gasteiger partial charge >= 0.3 is 0 Å². The number of nitrogens with zero attached hydrogens (tertiary/aromatic N) is 2. The number of benzene rings is 1. The summed E-state index contributed by atoms with van der Waals surface area (Å²) in [4.78, 5) is 23.5. The van der Waals surface area contributed by atoms with Crippen LogP contribution in [-0.2, 0) is 4.79 Å². The second-order valence-electron chi connectivity index (χ2n) is 3.82. The maximum Gasteiger partial charge on any atom is 0.269 e. The molecule has 0 radical (unpaired) electrons. The monoisotopic (exact) mass is 235 g/mol. The Labute approximate surface area is 98.4 Å². The lowest BCUT2D eigenvalue weighted by Crippen LogP contribution is -2.32. The van der Waals surface area contributed by atoms with Gasteiger partial charge in [0.15, 0.2) is 0 Å². The van der Waals surface area contributed by atoms with E-state index < -0.39 is 4.92 Å². The van der Waals surface area contributed by atoms with Gasteiger partial charge in [0.2, 0.25) is 5.91 Å². The Morgan fingerprint density at radius 1 is 1.24 bits per heavy atom. The summed E-state index contributed by atoms with van der Waals surface area (Å²) in [5.41, 5.74) is 0.749. The van der Waals surface area contributed by atoms with Gasteiger partial charge in [-0.2, -0.15) is 0 Å². The Kier molecular flexibility index (Phi) is 3.34. The first-order valence-electron chi connectivity index (χ1n) is 5.44. The second-order valence-corrected chi connectivity index (χ2v) is 3.82. The lowest BCUT2D eigenvalue weighted by atomic mass is 10.2. The number of nitro benzene ring substituents is 1. The van der Waals surface area contributed by atoms with Gasteiger partial charge in [-0.3, -0.25) is 14.9 Å². The fourth-order valence-corrected chi connectivity index (χ4v) is 1.80. The van der Waals surface area contributed by atoms with Crippen LogP contribution in [0, 0.1) is 10.1 Å². The second kappa shape index (κ2) is 4.92. The third-order valence-electron chi connectivity index (χ3n) is 2.70. The number of amides is 1. The van der Waals surface area contributed by atoms with Crippen molar-refractivity contribution in [2.75, 3.05) is 24.5 Å². The Morgan fingerprint density at radius 2 is 1.94 bits per heavy atom. The number of anilines is 1. The molecule has 0 aromatic heterocycles. The average molecular weight is 235 g/mol. The highest BCUT2D eigenvalue weighted by Gasteiger charge is 2.18. The van der Waals surface area contributed by atoms with Crippen LogP contribution < -0.4 is 10.2 Å². The van der Waals surface area contributed by atoms with E-state index in [0.717, 1.165) is 6.54 Å². The van der Waals surface area contributed by atoms with Gasteiger partial charge in [0.05, 0.1) is 4.92 Å². The van der Waals surface area contributed by atoms with E-state index in [4.69, 9.17) is 0 Å². The first kappa shape index (κ1) is 11.5. The van der Waals surface area contributed by atoms with Gasteiger partial charge in [0, 0.05) is 43.9 Å². The highest BCUT2D eigenvalue weighted by atomic mass is 16.6. The highest BCUT2D eigenvalue weighted by Crippen LogP contribution is 2.20. The van der Waals surface area contributed by atoms with Crippen LogP contribution in [0.2, 0.25) is 0 Å². The van der Waals surface area contributed by atoms with Gasteiger partial charge in [-0.25, -0.2) is 0 Å². The molecule has 0 atom stereocenters. The van der Waals surface area contributed by atoms with E-state index in [1.807, 2.05) is 0 Å². The molecule has 2 rings (SSSR count). The lowest BCUT2D eigenvalue weighted by molar-refractivity contribution is -0.384. The maximum atomic E-state index is 11.8. The molecule has 1 aromatic rings. The molecule has 0 saturated carbocycles. The van der Waals surface area contributed by atoms with Crippen LogP contribution >= 0.6 is 0 Å². The molecule has 0 unspecified atom stereocenters. The number of non-ortho nitro benzene ring substituents is 1. The van der Waals surface area contributed by atoms with E-state index in [1.165, 1.54) is 12.1 Å². The predicted molar refractivity (Wildman–Crippen MR) is 62.9 cm³/mol. The summed E-state index contributed by atoms with van der Waals surface area (Å²) in [5, 5.41) is 13.7. The first-order valence-corrected chi connectivity index (χ1v) is 5.44. The molecule has 0 spiro atoms. The zero-order valence-corrected chi connectivity index (χ0v) is 9.26. The summed E-state index contributed by atoms with van der Waals surface area (Å²) in [7, 11) is 0. The van der Waals surface area contributed by atoms with E-state index in [2.05, 4.69) is 5.32 Å². The fraction of sp³-hybridized carbons (Fsp3) is 0.364. The largest absolute Gasteiger partial charge is 0.314 e. The summed E-state index contributed by atoms with van der Waals surface area (Å²) in [6, 6.07) is 6.06. The maximum absolute atomic E-state index is 11.8. The number of carbonyl (C=O) groups is 1. The van der Waals surface area contributed by atoms with Crippen molar-refractivity contribution in [2.45, 2.75) is 6.42 Å². The van der Waals surface area contributed by atoms with Crippen molar-refractivity contribution in [3.8, 4) is 0 Å². The van der Waals surface area contributed by atoms with E-state index >= 15 is 0 Å². The molecule has 1 saturated heterocycles. The van der Waals surface area contributed by atoms with Crippen molar-refractivity contribution >= 4 is 17.3 Å². The fourth-order valence-electron chi connectivity index (χ4n) is 1.80. The summed E-state index contributed by atoms with van der Waals surface area (Å²) in [6.45, 7) is 2.02. The average Bonchev–Trinajstić information content (AvgIpc) is 2.54. The van der Waals surface area contributed by atoms with Crippen molar-refractivity contribution in [1.82, 2.24) is 5.32 Å². The van der Waals surface area contributed by atoms with Gasteiger partial charge in [-0.15, -0.1) is 0 Å². The van der Waals surface area contributed by atoms with E-state index in [0.29, 0.717) is 25.2 Å². The van der Waals surface area contributed by atoms with E-state index in [-0.39, 0.29) is 11.6 Å². The number of nitrogens with one attached hydrogen (secondary N) is 1. The van der Waals surface area contributed by atoms with Crippen molar-refractivity contribution in [3.05, 3.63) is 34.4 Å². The zero-order chi connectivity index (χ0) is 12.3. The summed E-state index contributed by atoms with van der Waals surface area (Å²) >= 11 is 0. The van der Waals surface area contributed by atoms with Crippen LogP contribution in [0.1, 0.15) is 6.42 Å². The normalized spacial score (nSPS) is 16.7. The molecule has 0 bridgehead atoms. The number of hydrogen-bond acceptors (Lipinski definition) is 4. The highest BCUT2D eigenvalue weighted by molar-refractivity contribution is 5.93. The van der Waals surface area contributed by atoms with Crippen molar-refractivity contribution in [2.24, 2.45) is 0 Å². The number of hydrogen-bond donors (Lipinski definition) is 1. The summed E-state index contributed by atoms with van der Waals surface area (Å²) < 4.78 is 0. The van der Waals surface area contributed by atoms with Crippen molar-refractivity contribution in [1.29, 1.82) is 0 Å². The smallest absolute Gasteiger partial charge is 0.269 e. The number of nitro groups is 1. The molecule has 0 aliphatic carbocycles. The minimum absolute atomic E-state index is 0.0362.